The van der Waals surface area contributed by atoms with E-state index in [2.05, 4.69) is 44.8 Å². The molecule has 29 heavy (non-hydrogen) atoms. The van der Waals surface area contributed by atoms with E-state index in [1.54, 1.807) is 13.1 Å². The molecule has 0 atom stereocenters. The van der Waals surface area contributed by atoms with Gasteiger partial charge in [0.25, 0.3) is 0 Å². The lowest BCUT2D eigenvalue weighted by molar-refractivity contribution is 0.331. The molecule has 1 aliphatic rings. The second kappa shape index (κ2) is 12.1. The van der Waals surface area contributed by atoms with Gasteiger partial charge < -0.3 is 10.6 Å². The van der Waals surface area contributed by atoms with Gasteiger partial charge in [-0.05, 0) is 55.1 Å². The third kappa shape index (κ3) is 7.22. The number of guanidine groups is 1. The maximum atomic E-state index is 13.7. The lowest BCUT2D eigenvalue weighted by atomic mass is 10.1. The number of halogens is 3. The molecule has 0 spiro atoms. The monoisotopic (exact) mass is 514 g/mol. The van der Waals surface area contributed by atoms with E-state index in [1.165, 1.54) is 43.1 Å². The molecule has 2 aromatic rings. The molecule has 0 unspecified atom stereocenters. The van der Waals surface area contributed by atoms with Gasteiger partial charge in [-0.25, -0.2) is 8.78 Å². The number of aliphatic imine (C=N–C) groups is 1. The standard InChI is InChI=1S/C22H28F2N4.HI/c1-25-22(26-12-11-19-5-4-6-20(23)21(19)24)27-15-17-7-9-18(10-8-17)16-28-13-2-3-14-28;/h4-10H,2-3,11-16H2,1H3,(H2,25,26,27);1H. The Kier molecular flexibility index (Phi) is 9.80. The van der Waals surface area contributed by atoms with Crippen molar-refractivity contribution < 1.29 is 8.78 Å². The van der Waals surface area contributed by atoms with Crippen molar-refractivity contribution in [2.45, 2.75) is 32.4 Å². The Morgan fingerprint density at radius 2 is 1.69 bits per heavy atom. The van der Waals surface area contributed by atoms with Crippen LogP contribution in [0.3, 0.4) is 0 Å². The molecule has 0 aliphatic carbocycles. The summed E-state index contributed by atoms with van der Waals surface area (Å²) in [5.74, 6) is -0.951. The summed E-state index contributed by atoms with van der Waals surface area (Å²) in [5.41, 5.74) is 2.87. The number of rotatable bonds is 7. The van der Waals surface area contributed by atoms with Crippen molar-refractivity contribution in [3.05, 3.63) is 70.8 Å². The zero-order valence-corrected chi connectivity index (χ0v) is 19.1. The molecule has 7 heteroatoms. The topological polar surface area (TPSA) is 39.7 Å². The largest absolute Gasteiger partial charge is 0.356 e. The van der Waals surface area contributed by atoms with Crippen LogP contribution < -0.4 is 10.6 Å². The van der Waals surface area contributed by atoms with E-state index in [0.29, 0.717) is 31.0 Å². The maximum Gasteiger partial charge on any atom is 0.191 e. The summed E-state index contributed by atoms with van der Waals surface area (Å²) in [6.45, 7) is 4.54. The zero-order chi connectivity index (χ0) is 19.8. The second-order valence-electron chi connectivity index (χ2n) is 7.12. The minimum absolute atomic E-state index is 0. The van der Waals surface area contributed by atoms with Crippen molar-refractivity contribution in [1.29, 1.82) is 0 Å². The minimum Gasteiger partial charge on any atom is -0.356 e. The number of hydrogen-bond acceptors (Lipinski definition) is 2. The summed E-state index contributed by atoms with van der Waals surface area (Å²) in [4.78, 5) is 6.67. The van der Waals surface area contributed by atoms with E-state index in [1.807, 2.05) is 0 Å². The Morgan fingerprint density at radius 3 is 2.38 bits per heavy atom. The fourth-order valence-electron chi connectivity index (χ4n) is 3.42. The van der Waals surface area contributed by atoms with Gasteiger partial charge in [0.05, 0.1) is 0 Å². The lowest BCUT2D eigenvalue weighted by Gasteiger charge is -2.15. The van der Waals surface area contributed by atoms with E-state index >= 15 is 0 Å². The first-order valence-corrected chi connectivity index (χ1v) is 9.83. The van der Waals surface area contributed by atoms with Gasteiger partial charge >= 0.3 is 0 Å². The molecule has 0 bridgehead atoms. The van der Waals surface area contributed by atoms with Gasteiger partial charge in [-0.3, -0.25) is 9.89 Å². The number of nitrogens with zero attached hydrogens (tertiary/aromatic N) is 2. The Labute approximate surface area is 188 Å². The van der Waals surface area contributed by atoms with Gasteiger partial charge in [-0.1, -0.05) is 36.4 Å². The summed E-state index contributed by atoms with van der Waals surface area (Å²) in [7, 11) is 1.69. The van der Waals surface area contributed by atoms with Crippen molar-refractivity contribution in [1.82, 2.24) is 15.5 Å². The Morgan fingerprint density at radius 1 is 1.00 bits per heavy atom. The third-order valence-electron chi connectivity index (χ3n) is 5.03. The van der Waals surface area contributed by atoms with Crippen LogP contribution in [0.2, 0.25) is 0 Å². The fourth-order valence-corrected chi connectivity index (χ4v) is 3.42. The molecule has 0 saturated carbocycles. The molecule has 4 nitrogen and oxygen atoms in total. The predicted molar refractivity (Wildman–Crippen MR) is 125 cm³/mol. The smallest absolute Gasteiger partial charge is 0.191 e. The summed E-state index contributed by atoms with van der Waals surface area (Å²) >= 11 is 0. The Bertz CT molecular complexity index is 790. The molecule has 0 amide bonds. The van der Waals surface area contributed by atoms with E-state index in [9.17, 15) is 8.78 Å². The van der Waals surface area contributed by atoms with Crippen molar-refractivity contribution >= 4 is 29.9 Å². The SMILES string of the molecule is CN=C(NCCc1cccc(F)c1F)NCc1ccc(CN2CCCC2)cc1.I. The number of hydrogen-bond donors (Lipinski definition) is 2. The van der Waals surface area contributed by atoms with E-state index < -0.39 is 11.6 Å². The molecule has 1 heterocycles. The molecule has 2 aromatic carbocycles. The molecule has 2 N–H and O–H groups in total. The highest BCUT2D eigenvalue weighted by Crippen LogP contribution is 2.13. The highest BCUT2D eigenvalue weighted by molar-refractivity contribution is 14.0. The lowest BCUT2D eigenvalue weighted by Crippen LogP contribution is -2.37. The van der Waals surface area contributed by atoms with Gasteiger partial charge in [0.15, 0.2) is 17.6 Å². The third-order valence-corrected chi connectivity index (χ3v) is 5.03. The van der Waals surface area contributed by atoms with Crippen LogP contribution in [0.25, 0.3) is 0 Å². The van der Waals surface area contributed by atoms with Crippen LogP contribution in [0.5, 0.6) is 0 Å². The quantitative estimate of drug-likeness (QED) is 0.333. The van der Waals surface area contributed by atoms with Crippen molar-refractivity contribution in [2.24, 2.45) is 4.99 Å². The molecule has 158 valence electrons. The number of nitrogens with one attached hydrogen (secondary N) is 2. The summed E-state index contributed by atoms with van der Waals surface area (Å²) in [6.07, 6.45) is 3.00. The average Bonchev–Trinajstić information content (AvgIpc) is 3.22. The first kappa shape index (κ1) is 23.5. The summed E-state index contributed by atoms with van der Waals surface area (Å²) in [5, 5.41) is 6.39. The normalized spacial score (nSPS) is 14.5. The van der Waals surface area contributed by atoms with Crippen molar-refractivity contribution in [2.75, 3.05) is 26.7 Å². The van der Waals surface area contributed by atoms with Crippen LogP contribution in [-0.2, 0) is 19.5 Å². The van der Waals surface area contributed by atoms with Crippen LogP contribution in [0.1, 0.15) is 29.5 Å². The van der Waals surface area contributed by atoms with Crippen LogP contribution in [0.4, 0.5) is 8.78 Å². The number of likely N-dealkylation sites (tertiary alicyclic amines) is 1. The second-order valence-corrected chi connectivity index (χ2v) is 7.12. The molecule has 0 aromatic heterocycles. The number of benzene rings is 2. The van der Waals surface area contributed by atoms with E-state index in [0.717, 1.165) is 12.6 Å². The van der Waals surface area contributed by atoms with E-state index in [-0.39, 0.29) is 24.0 Å². The van der Waals surface area contributed by atoms with Gasteiger partial charge in [0, 0.05) is 26.7 Å². The van der Waals surface area contributed by atoms with Gasteiger partial charge in [0.1, 0.15) is 0 Å². The minimum atomic E-state index is -0.812. The Hall–Kier alpha value is -1.74. The van der Waals surface area contributed by atoms with Crippen LogP contribution in [0, 0.1) is 11.6 Å². The zero-order valence-electron chi connectivity index (χ0n) is 16.8. The van der Waals surface area contributed by atoms with E-state index in [4.69, 9.17) is 0 Å². The molecule has 1 fully saturated rings. The van der Waals surface area contributed by atoms with Gasteiger partial charge in [-0.2, -0.15) is 0 Å². The maximum absolute atomic E-state index is 13.7. The highest BCUT2D eigenvalue weighted by Gasteiger charge is 2.11. The van der Waals surface area contributed by atoms with Gasteiger partial charge in [0.2, 0.25) is 0 Å². The predicted octanol–water partition coefficient (Wildman–Crippen LogP) is 4.09. The Balaban J connectivity index is 0.00000300. The van der Waals surface area contributed by atoms with Crippen LogP contribution in [-0.4, -0.2) is 37.5 Å². The first-order valence-electron chi connectivity index (χ1n) is 9.83. The molecule has 3 rings (SSSR count). The molecular formula is C22H29F2IN4. The summed E-state index contributed by atoms with van der Waals surface area (Å²) < 4.78 is 26.9. The van der Waals surface area contributed by atoms with Crippen molar-refractivity contribution in [3.63, 3.8) is 0 Å². The van der Waals surface area contributed by atoms with Crippen molar-refractivity contribution in [3.8, 4) is 0 Å². The molecule has 1 aliphatic heterocycles. The van der Waals surface area contributed by atoms with Crippen LogP contribution in [0.15, 0.2) is 47.5 Å². The fraction of sp³-hybridized carbons (Fsp3) is 0.409. The molecular weight excluding hydrogens is 485 g/mol. The average molecular weight is 514 g/mol. The first-order chi connectivity index (χ1) is 13.7. The summed E-state index contributed by atoms with van der Waals surface area (Å²) in [6, 6.07) is 12.9. The van der Waals surface area contributed by atoms with Gasteiger partial charge in [-0.15, -0.1) is 24.0 Å². The molecule has 1 saturated heterocycles. The van der Waals surface area contributed by atoms with Crippen LogP contribution >= 0.6 is 24.0 Å². The molecule has 0 radical (unpaired) electrons. The highest BCUT2D eigenvalue weighted by atomic mass is 127.